The first kappa shape index (κ1) is 22.9. The van der Waals surface area contributed by atoms with E-state index in [2.05, 4.69) is 23.1 Å². The maximum absolute atomic E-state index is 13.1. The topological polar surface area (TPSA) is 66.6 Å². The minimum Gasteiger partial charge on any atom is -0.369 e. The van der Waals surface area contributed by atoms with Crippen LogP contribution in [0.15, 0.2) is 65.6 Å². The van der Waals surface area contributed by atoms with Crippen LogP contribution >= 0.6 is 34.7 Å². The molecule has 32 heavy (non-hydrogen) atoms. The molecule has 3 aromatic rings. The number of amides is 2. The zero-order valence-electron chi connectivity index (χ0n) is 17.5. The summed E-state index contributed by atoms with van der Waals surface area (Å²) in [6, 6.07) is 19.6. The number of rotatable bonds is 7. The van der Waals surface area contributed by atoms with Gasteiger partial charge in [-0.15, -0.1) is 23.1 Å². The van der Waals surface area contributed by atoms with Crippen LogP contribution in [0.3, 0.4) is 0 Å². The minimum absolute atomic E-state index is 0.0107. The molecule has 0 bridgehead atoms. The number of piperazine rings is 1. The SMILES string of the molecule is NC(=O)CSc1ccccc1C(=O)N1CCN(Cc2ccc(-c3cccc(Cl)c3)s2)CC1. The van der Waals surface area contributed by atoms with Gasteiger partial charge in [0, 0.05) is 52.4 Å². The Morgan fingerprint density at radius 2 is 1.78 bits per heavy atom. The van der Waals surface area contributed by atoms with Crippen molar-refractivity contribution < 1.29 is 9.59 Å². The third-order valence-corrected chi connectivity index (χ3v) is 7.75. The number of carbonyl (C=O) groups is 2. The molecule has 0 saturated carbocycles. The average Bonchev–Trinajstić information content (AvgIpc) is 3.26. The third-order valence-electron chi connectivity index (χ3n) is 5.30. The van der Waals surface area contributed by atoms with E-state index in [1.54, 1.807) is 11.3 Å². The lowest BCUT2D eigenvalue weighted by Gasteiger charge is -2.34. The first-order valence-corrected chi connectivity index (χ1v) is 12.5. The van der Waals surface area contributed by atoms with Crippen LogP contribution in [0.5, 0.6) is 0 Å². The lowest BCUT2D eigenvalue weighted by Crippen LogP contribution is -2.48. The van der Waals surface area contributed by atoms with E-state index in [9.17, 15) is 9.59 Å². The Labute approximate surface area is 201 Å². The van der Waals surface area contributed by atoms with E-state index in [-0.39, 0.29) is 11.7 Å². The van der Waals surface area contributed by atoms with Crippen molar-refractivity contribution in [3.8, 4) is 10.4 Å². The summed E-state index contributed by atoms with van der Waals surface area (Å²) in [4.78, 5) is 31.8. The summed E-state index contributed by atoms with van der Waals surface area (Å²) in [5.74, 6) is -0.217. The standard InChI is InChI=1S/C24H24ClN3O2S2/c25-18-5-3-4-17(14-18)21-9-8-19(32-21)15-27-10-12-28(13-11-27)24(30)20-6-1-2-7-22(20)31-16-23(26)29/h1-9,14H,10-13,15-16H2,(H2,26,29). The van der Waals surface area contributed by atoms with Gasteiger partial charge in [0.05, 0.1) is 11.3 Å². The lowest BCUT2D eigenvalue weighted by atomic mass is 10.1. The van der Waals surface area contributed by atoms with Gasteiger partial charge in [-0.05, 0) is 42.0 Å². The van der Waals surface area contributed by atoms with Crippen LogP contribution in [-0.2, 0) is 11.3 Å². The minimum atomic E-state index is -0.391. The number of nitrogens with two attached hydrogens (primary N) is 1. The molecule has 2 aromatic carbocycles. The summed E-state index contributed by atoms with van der Waals surface area (Å²) in [6.07, 6.45) is 0. The van der Waals surface area contributed by atoms with Crippen molar-refractivity contribution in [2.45, 2.75) is 11.4 Å². The predicted molar refractivity (Wildman–Crippen MR) is 132 cm³/mol. The molecule has 2 amide bonds. The molecule has 0 aliphatic carbocycles. The molecule has 1 fully saturated rings. The molecule has 0 radical (unpaired) electrons. The van der Waals surface area contributed by atoms with Crippen molar-refractivity contribution in [3.63, 3.8) is 0 Å². The Bertz CT molecular complexity index is 1110. The number of thiophene rings is 1. The van der Waals surface area contributed by atoms with Gasteiger partial charge in [-0.3, -0.25) is 14.5 Å². The Morgan fingerprint density at radius 1 is 1.00 bits per heavy atom. The molecule has 166 valence electrons. The van der Waals surface area contributed by atoms with E-state index < -0.39 is 5.91 Å². The van der Waals surface area contributed by atoms with Gasteiger partial charge in [0.1, 0.15) is 0 Å². The Hall–Kier alpha value is -2.32. The molecule has 0 atom stereocenters. The highest BCUT2D eigenvalue weighted by Crippen LogP contribution is 2.31. The van der Waals surface area contributed by atoms with E-state index in [0.29, 0.717) is 18.7 Å². The normalized spacial score (nSPS) is 14.5. The molecule has 2 heterocycles. The number of halogens is 1. The van der Waals surface area contributed by atoms with Crippen molar-refractivity contribution in [2.24, 2.45) is 5.73 Å². The Kier molecular flexibility index (Phi) is 7.52. The molecule has 0 unspecified atom stereocenters. The number of thioether (sulfide) groups is 1. The fourth-order valence-corrected chi connectivity index (χ4v) is 5.70. The number of benzene rings is 2. The molecule has 4 rings (SSSR count). The fourth-order valence-electron chi connectivity index (χ4n) is 3.68. The Morgan fingerprint density at radius 3 is 2.53 bits per heavy atom. The number of nitrogens with zero attached hydrogens (tertiary/aromatic N) is 2. The quantitative estimate of drug-likeness (QED) is 0.496. The molecule has 1 aromatic heterocycles. The summed E-state index contributed by atoms with van der Waals surface area (Å²) < 4.78 is 0. The maximum Gasteiger partial charge on any atom is 0.255 e. The number of primary amides is 1. The van der Waals surface area contributed by atoms with Crippen LogP contribution in [0.2, 0.25) is 5.02 Å². The molecule has 5 nitrogen and oxygen atoms in total. The van der Waals surface area contributed by atoms with Crippen molar-refractivity contribution >= 4 is 46.5 Å². The van der Waals surface area contributed by atoms with Gasteiger partial charge in [-0.2, -0.15) is 0 Å². The second-order valence-electron chi connectivity index (χ2n) is 7.60. The van der Waals surface area contributed by atoms with Crippen molar-refractivity contribution in [2.75, 3.05) is 31.9 Å². The summed E-state index contributed by atoms with van der Waals surface area (Å²) in [6.45, 7) is 3.89. The molecule has 1 saturated heterocycles. The zero-order chi connectivity index (χ0) is 22.5. The lowest BCUT2D eigenvalue weighted by molar-refractivity contribution is -0.115. The van der Waals surface area contributed by atoms with Crippen molar-refractivity contribution in [1.29, 1.82) is 0 Å². The largest absolute Gasteiger partial charge is 0.369 e. The van der Waals surface area contributed by atoms with E-state index in [0.717, 1.165) is 35.1 Å². The maximum atomic E-state index is 13.1. The molecule has 2 N–H and O–H groups in total. The molecule has 8 heteroatoms. The number of carbonyl (C=O) groups excluding carboxylic acids is 2. The van der Waals surface area contributed by atoms with Crippen molar-refractivity contribution in [3.05, 3.63) is 76.1 Å². The highest BCUT2D eigenvalue weighted by Gasteiger charge is 2.24. The van der Waals surface area contributed by atoms with Gasteiger partial charge < -0.3 is 10.6 Å². The van der Waals surface area contributed by atoms with Crippen LogP contribution < -0.4 is 5.73 Å². The smallest absolute Gasteiger partial charge is 0.255 e. The van der Waals surface area contributed by atoms with Gasteiger partial charge in [0.2, 0.25) is 5.91 Å². The van der Waals surface area contributed by atoms with Crippen LogP contribution in [-0.4, -0.2) is 53.5 Å². The first-order chi connectivity index (χ1) is 15.5. The number of hydrogen-bond acceptors (Lipinski definition) is 5. The average molecular weight is 486 g/mol. The Balaban J connectivity index is 1.34. The van der Waals surface area contributed by atoms with Crippen molar-refractivity contribution in [1.82, 2.24) is 9.80 Å². The van der Waals surface area contributed by atoms with Gasteiger partial charge in [-0.25, -0.2) is 0 Å². The van der Waals surface area contributed by atoms with E-state index in [1.807, 2.05) is 47.4 Å². The van der Waals surface area contributed by atoms with E-state index >= 15 is 0 Å². The van der Waals surface area contributed by atoms with Gasteiger partial charge in [0.25, 0.3) is 5.91 Å². The molecule has 1 aliphatic heterocycles. The second kappa shape index (κ2) is 10.5. The summed E-state index contributed by atoms with van der Waals surface area (Å²) in [5.41, 5.74) is 7.04. The summed E-state index contributed by atoms with van der Waals surface area (Å²) in [5, 5.41) is 0.743. The molecular weight excluding hydrogens is 462 g/mol. The molecule has 0 spiro atoms. The monoisotopic (exact) mass is 485 g/mol. The van der Waals surface area contributed by atoms with Gasteiger partial charge in [-0.1, -0.05) is 35.9 Å². The van der Waals surface area contributed by atoms with Crippen LogP contribution in [0.1, 0.15) is 15.2 Å². The highest BCUT2D eigenvalue weighted by atomic mass is 35.5. The van der Waals surface area contributed by atoms with Crippen LogP contribution in [0.4, 0.5) is 0 Å². The van der Waals surface area contributed by atoms with Gasteiger partial charge in [0.15, 0.2) is 0 Å². The zero-order valence-corrected chi connectivity index (χ0v) is 19.9. The highest BCUT2D eigenvalue weighted by molar-refractivity contribution is 8.00. The van der Waals surface area contributed by atoms with Crippen LogP contribution in [0, 0.1) is 0 Å². The molecule has 1 aliphatic rings. The van der Waals surface area contributed by atoms with Gasteiger partial charge >= 0.3 is 0 Å². The summed E-state index contributed by atoms with van der Waals surface area (Å²) in [7, 11) is 0. The number of hydrogen-bond donors (Lipinski definition) is 1. The second-order valence-corrected chi connectivity index (χ2v) is 10.2. The summed E-state index contributed by atoms with van der Waals surface area (Å²) >= 11 is 9.22. The van der Waals surface area contributed by atoms with E-state index in [4.69, 9.17) is 17.3 Å². The van der Waals surface area contributed by atoms with Crippen LogP contribution in [0.25, 0.3) is 10.4 Å². The fraction of sp³-hybridized carbons (Fsp3) is 0.250. The first-order valence-electron chi connectivity index (χ1n) is 10.4. The van der Waals surface area contributed by atoms with E-state index in [1.165, 1.54) is 21.5 Å². The third kappa shape index (κ3) is 5.72. The predicted octanol–water partition coefficient (Wildman–Crippen LogP) is 4.60. The molecular formula is C24H24ClN3O2S2.